The van der Waals surface area contributed by atoms with Crippen LogP contribution in [0.4, 0.5) is 0 Å². The predicted molar refractivity (Wildman–Crippen MR) is 63.9 cm³/mol. The number of nitrogens with one attached hydrogen (secondary N) is 1. The van der Waals surface area contributed by atoms with E-state index in [1.807, 2.05) is 13.1 Å². The summed E-state index contributed by atoms with van der Waals surface area (Å²) in [6, 6.07) is 2.49. The molecule has 15 heavy (non-hydrogen) atoms. The van der Waals surface area contributed by atoms with Gasteiger partial charge in [0.1, 0.15) is 5.76 Å². The minimum atomic E-state index is 0.415. The third-order valence-corrected chi connectivity index (χ3v) is 2.73. The molecular weight excluding hydrogens is 186 g/mol. The molecule has 2 nitrogen and oxygen atoms in total. The maximum Gasteiger partial charge on any atom is 0.108 e. The monoisotopic (exact) mass is 207 g/mol. The molecule has 0 radical (unpaired) electrons. The van der Waals surface area contributed by atoms with Crippen molar-refractivity contribution >= 4 is 0 Å². The molecule has 84 valence electrons. The summed E-state index contributed by atoms with van der Waals surface area (Å²) in [6.07, 6.45) is 8.10. The van der Waals surface area contributed by atoms with Gasteiger partial charge in [0.15, 0.2) is 0 Å². The average Bonchev–Trinajstić information content (AvgIpc) is 2.72. The van der Waals surface area contributed by atoms with Crippen LogP contribution in [0, 0.1) is 0 Å². The second kappa shape index (κ2) is 6.46. The third-order valence-electron chi connectivity index (χ3n) is 2.73. The van der Waals surface area contributed by atoms with Crippen LogP contribution in [0.25, 0.3) is 0 Å². The molecule has 1 rings (SSSR count). The molecule has 0 saturated carbocycles. The Morgan fingerprint density at radius 1 is 1.60 bits per heavy atom. The highest BCUT2D eigenvalue weighted by Gasteiger charge is 2.14. The lowest BCUT2D eigenvalue weighted by Gasteiger charge is -2.15. The van der Waals surface area contributed by atoms with Gasteiger partial charge in [-0.2, -0.15) is 0 Å². The quantitative estimate of drug-likeness (QED) is 0.547. The number of hydrogen-bond acceptors (Lipinski definition) is 2. The van der Waals surface area contributed by atoms with Crippen molar-refractivity contribution in [3.05, 3.63) is 36.3 Å². The molecule has 0 fully saturated rings. The van der Waals surface area contributed by atoms with Crippen LogP contribution < -0.4 is 5.32 Å². The summed E-state index contributed by atoms with van der Waals surface area (Å²) in [5, 5.41) is 3.34. The maximum atomic E-state index is 5.44. The summed E-state index contributed by atoms with van der Waals surface area (Å²) < 4.78 is 5.44. The van der Waals surface area contributed by atoms with E-state index >= 15 is 0 Å². The molecule has 1 aromatic rings. The Balaban J connectivity index is 2.60. The van der Waals surface area contributed by atoms with Gasteiger partial charge in [-0.1, -0.05) is 13.0 Å². The summed E-state index contributed by atoms with van der Waals surface area (Å²) in [4.78, 5) is 0. The van der Waals surface area contributed by atoms with Crippen molar-refractivity contribution in [2.45, 2.75) is 38.6 Å². The van der Waals surface area contributed by atoms with E-state index in [0.29, 0.717) is 6.04 Å². The van der Waals surface area contributed by atoms with Crippen molar-refractivity contribution in [2.24, 2.45) is 0 Å². The molecule has 1 heterocycles. The van der Waals surface area contributed by atoms with Crippen molar-refractivity contribution in [3.8, 4) is 0 Å². The highest BCUT2D eigenvalue weighted by Crippen LogP contribution is 2.24. The van der Waals surface area contributed by atoms with Crippen molar-refractivity contribution in [3.63, 3.8) is 0 Å². The average molecular weight is 207 g/mol. The maximum absolute atomic E-state index is 5.44. The lowest BCUT2D eigenvalue weighted by Crippen LogP contribution is -2.16. The van der Waals surface area contributed by atoms with Gasteiger partial charge in [-0.05, 0) is 32.4 Å². The van der Waals surface area contributed by atoms with Crippen LogP contribution in [-0.2, 0) is 6.42 Å². The van der Waals surface area contributed by atoms with E-state index in [1.165, 1.54) is 12.0 Å². The van der Waals surface area contributed by atoms with Gasteiger partial charge in [0.2, 0.25) is 0 Å². The third kappa shape index (κ3) is 3.24. The first-order valence-electron chi connectivity index (χ1n) is 5.67. The van der Waals surface area contributed by atoms with E-state index in [0.717, 1.165) is 25.0 Å². The van der Waals surface area contributed by atoms with Gasteiger partial charge >= 0.3 is 0 Å². The van der Waals surface area contributed by atoms with Crippen molar-refractivity contribution in [2.75, 3.05) is 7.05 Å². The highest BCUT2D eigenvalue weighted by molar-refractivity contribution is 5.21. The Morgan fingerprint density at radius 3 is 3.00 bits per heavy atom. The molecule has 0 aliphatic carbocycles. The molecule has 1 aromatic heterocycles. The first-order chi connectivity index (χ1) is 7.33. The van der Waals surface area contributed by atoms with Crippen molar-refractivity contribution in [1.82, 2.24) is 5.32 Å². The fourth-order valence-electron chi connectivity index (χ4n) is 1.87. The van der Waals surface area contributed by atoms with Gasteiger partial charge < -0.3 is 9.73 Å². The van der Waals surface area contributed by atoms with Crippen LogP contribution in [0.5, 0.6) is 0 Å². The van der Waals surface area contributed by atoms with Gasteiger partial charge in [-0.25, -0.2) is 0 Å². The largest absolute Gasteiger partial charge is 0.469 e. The summed E-state index contributed by atoms with van der Waals surface area (Å²) in [6.45, 7) is 5.86. The fourth-order valence-corrected chi connectivity index (χ4v) is 1.87. The SMILES string of the molecule is C=CCCCC(NC)c1ccoc1CC. The normalized spacial score (nSPS) is 12.7. The number of aryl methyl sites for hydroxylation is 1. The van der Waals surface area contributed by atoms with Crippen LogP contribution >= 0.6 is 0 Å². The topological polar surface area (TPSA) is 25.2 Å². The fraction of sp³-hybridized carbons (Fsp3) is 0.538. The number of hydrogen-bond donors (Lipinski definition) is 1. The number of rotatable bonds is 7. The molecule has 1 atom stereocenters. The van der Waals surface area contributed by atoms with E-state index < -0.39 is 0 Å². The summed E-state index contributed by atoms with van der Waals surface area (Å²) >= 11 is 0. The van der Waals surface area contributed by atoms with Crippen molar-refractivity contribution < 1.29 is 4.42 Å². The minimum absolute atomic E-state index is 0.415. The molecule has 2 heteroatoms. The summed E-state index contributed by atoms with van der Waals surface area (Å²) in [5.41, 5.74) is 1.31. The Bertz CT molecular complexity index is 290. The lowest BCUT2D eigenvalue weighted by molar-refractivity contribution is 0.481. The zero-order valence-electron chi connectivity index (χ0n) is 9.75. The zero-order valence-corrected chi connectivity index (χ0v) is 9.75. The van der Waals surface area contributed by atoms with Crippen LogP contribution in [0.3, 0.4) is 0 Å². The summed E-state index contributed by atoms with van der Waals surface area (Å²) in [7, 11) is 2.00. The molecule has 0 aliphatic heterocycles. The van der Waals surface area contributed by atoms with Crippen LogP contribution in [0.2, 0.25) is 0 Å². The molecule has 0 amide bonds. The molecule has 0 spiro atoms. The Labute approximate surface area is 92.4 Å². The molecule has 1 unspecified atom stereocenters. The van der Waals surface area contributed by atoms with E-state index in [4.69, 9.17) is 4.42 Å². The van der Waals surface area contributed by atoms with Crippen LogP contribution in [-0.4, -0.2) is 7.05 Å². The number of furan rings is 1. The zero-order chi connectivity index (χ0) is 11.1. The Morgan fingerprint density at radius 2 is 2.40 bits per heavy atom. The smallest absolute Gasteiger partial charge is 0.108 e. The van der Waals surface area contributed by atoms with Gasteiger partial charge in [0.25, 0.3) is 0 Å². The van der Waals surface area contributed by atoms with Gasteiger partial charge in [-0.15, -0.1) is 6.58 Å². The van der Waals surface area contributed by atoms with Crippen molar-refractivity contribution in [1.29, 1.82) is 0 Å². The highest BCUT2D eigenvalue weighted by atomic mass is 16.3. The van der Waals surface area contributed by atoms with Gasteiger partial charge in [0, 0.05) is 18.0 Å². The molecule has 0 bridgehead atoms. The number of allylic oxidation sites excluding steroid dienone is 1. The standard InChI is InChI=1S/C13H21NO/c1-4-6-7-8-12(14-3)11-9-10-15-13(11)5-2/h4,9-10,12,14H,1,5-8H2,2-3H3. The van der Waals surface area contributed by atoms with Gasteiger partial charge in [-0.3, -0.25) is 0 Å². The lowest BCUT2D eigenvalue weighted by atomic mass is 10.0. The Kier molecular flexibility index (Phi) is 5.19. The first kappa shape index (κ1) is 12.1. The molecule has 0 saturated heterocycles. The minimum Gasteiger partial charge on any atom is -0.469 e. The second-order valence-corrected chi connectivity index (χ2v) is 3.71. The van der Waals surface area contributed by atoms with Crippen LogP contribution in [0.15, 0.2) is 29.4 Å². The molecule has 0 aromatic carbocycles. The van der Waals surface area contributed by atoms with E-state index in [1.54, 1.807) is 6.26 Å². The molecular formula is C13H21NO. The first-order valence-corrected chi connectivity index (χ1v) is 5.67. The number of unbranched alkanes of at least 4 members (excludes halogenated alkanes) is 1. The summed E-state index contributed by atoms with van der Waals surface area (Å²) in [5.74, 6) is 1.10. The second-order valence-electron chi connectivity index (χ2n) is 3.71. The van der Waals surface area contributed by atoms with Crippen LogP contribution in [0.1, 0.15) is 43.6 Å². The Hall–Kier alpha value is -1.02. The predicted octanol–water partition coefficient (Wildman–Crippen LogP) is 3.46. The molecule has 0 aliphatic rings. The van der Waals surface area contributed by atoms with E-state index in [9.17, 15) is 0 Å². The van der Waals surface area contributed by atoms with E-state index in [-0.39, 0.29) is 0 Å². The van der Waals surface area contributed by atoms with Gasteiger partial charge in [0.05, 0.1) is 6.26 Å². The molecule has 1 N–H and O–H groups in total. The van der Waals surface area contributed by atoms with E-state index in [2.05, 4.69) is 24.9 Å².